The number of carbonyl (C=O) groups excluding carboxylic acids is 3. The van der Waals surface area contributed by atoms with Crippen molar-refractivity contribution in [1.82, 2.24) is 10.6 Å². The molecule has 2 N–H and O–H groups in total. The molecule has 1 aliphatic heterocycles. The molecule has 29 heavy (non-hydrogen) atoms. The number of urea groups is 1. The van der Waals surface area contributed by atoms with Gasteiger partial charge >= 0.3 is 12.2 Å². The van der Waals surface area contributed by atoms with Gasteiger partial charge in [-0.05, 0) is 24.1 Å². The molecular formula is C19H15F4N3O3. The summed E-state index contributed by atoms with van der Waals surface area (Å²) >= 11 is 0. The lowest BCUT2D eigenvalue weighted by atomic mass is 10.1. The molecular weight excluding hydrogens is 394 g/mol. The van der Waals surface area contributed by atoms with Gasteiger partial charge in [0.1, 0.15) is 5.82 Å². The molecule has 0 aliphatic carbocycles. The summed E-state index contributed by atoms with van der Waals surface area (Å²) in [6.45, 7) is 0. The lowest BCUT2D eigenvalue weighted by Gasteiger charge is -2.29. The highest BCUT2D eigenvalue weighted by molar-refractivity contribution is 6.24. The molecule has 2 aromatic carbocycles. The van der Waals surface area contributed by atoms with Gasteiger partial charge < -0.3 is 5.32 Å². The molecule has 0 spiro atoms. The number of nitrogens with one attached hydrogen (secondary N) is 2. The van der Waals surface area contributed by atoms with Gasteiger partial charge in [-0.3, -0.25) is 14.9 Å². The molecule has 1 heterocycles. The summed E-state index contributed by atoms with van der Waals surface area (Å²) in [6, 6.07) is 11.4. The summed E-state index contributed by atoms with van der Waals surface area (Å²) in [5, 5.41) is 3.07. The predicted molar refractivity (Wildman–Crippen MR) is 94.1 cm³/mol. The van der Waals surface area contributed by atoms with Gasteiger partial charge in [0.25, 0.3) is 11.6 Å². The van der Waals surface area contributed by atoms with Crippen LogP contribution in [0.2, 0.25) is 0 Å². The Morgan fingerprint density at radius 2 is 1.66 bits per heavy atom. The summed E-state index contributed by atoms with van der Waals surface area (Å²) in [6.07, 6.45) is -5.59. The van der Waals surface area contributed by atoms with Gasteiger partial charge in [0.15, 0.2) is 0 Å². The largest absolute Gasteiger partial charge is 0.440 e. The number of imide groups is 1. The number of rotatable bonds is 5. The number of para-hydroxylation sites is 1. The first-order valence-electron chi connectivity index (χ1n) is 8.48. The molecule has 0 radical (unpaired) electrons. The summed E-state index contributed by atoms with van der Waals surface area (Å²) in [5.41, 5.74) is -3.63. The van der Waals surface area contributed by atoms with Crippen LogP contribution in [0.3, 0.4) is 0 Å². The SMILES string of the molecule is O=C(CCc1ccccc1)N[C@@]1(C(F)(F)F)NC(=O)N(c2ccccc2F)C1=O. The Labute approximate surface area is 162 Å². The van der Waals surface area contributed by atoms with E-state index in [0.717, 1.165) is 12.1 Å². The van der Waals surface area contributed by atoms with Crippen molar-refractivity contribution in [3.8, 4) is 0 Å². The van der Waals surface area contributed by atoms with E-state index >= 15 is 0 Å². The summed E-state index contributed by atoms with van der Waals surface area (Å²) in [4.78, 5) is 36.9. The average molecular weight is 409 g/mol. The van der Waals surface area contributed by atoms with E-state index in [0.29, 0.717) is 5.56 Å². The lowest BCUT2D eigenvalue weighted by molar-refractivity contribution is -0.201. The zero-order chi connectivity index (χ0) is 21.2. The van der Waals surface area contributed by atoms with Crippen molar-refractivity contribution in [2.75, 3.05) is 4.90 Å². The molecule has 6 nitrogen and oxygen atoms in total. The smallest absolute Gasteiger partial charge is 0.318 e. The maximum atomic E-state index is 14.0. The van der Waals surface area contributed by atoms with Crippen molar-refractivity contribution < 1.29 is 31.9 Å². The van der Waals surface area contributed by atoms with E-state index in [1.54, 1.807) is 35.6 Å². The Morgan fingerprint density at radius 3 is 2.28 bits per heavy atom. The third kappa shape index (κ3) is 3.78. The maximum absolute atomic E-state index is 14.0. The number of halogens is 4. The van der Waals surface area contributed by atoms with Crippen molar-refractivity contribution in [3.63, 3.8) is 0 Å². The number of hydrogen-bond donors (Lipinski definition) is 2. The number of alkyl halides is 3. The fraction of sp³-hybridized carbons (Fsp3) is 0.211. The highest BCUT2D eigenvalue weighted by atomic mass is 19.4. The lowest BCUT2D eigenvalue weighted by Crippen LogP contribution is -2.69. The standard InChI is InChI=1S/C19H15F4N3O3/c20-13-8-4-5-9-14(13)26-16(28)18(19(21,22)23,25-17(26)29)24-15(27)11-10-12-6-2-1-3-7-12/h1-9H,10-11H2,(H,24,27)(H,25,29)/t18-/m1/s1. The second-order valence-electron chi connectivity index (χ2n) is 6.30. The van der Waals surface area contributed by atoms with Crippen molar-refractivity contribution in [3.05, 3.63) is 66.0 Å². The number of anilines is 1. The van der Waals surface area contributed by atoms with E-state index in [9.17, 15) is 31.9 Å². The third-order valence-corrected chi connectivity index (χ3v) is 4.35. The minimum atomic E-state index is -5.36. The molecule has 1 atom stereocenters. The molecule has 0 aromatic heterocycles. The van der Waals surface area contributed by atoms with Crippen LogP contribution in [0.15, 0.2) is 54.6 Å². The van der Waals surface area contributed by atoms with Gasteiger partial charge in [-0.25, -0.2) is 14.1 Å². The van der Waals surface area contributed by atoms with E-state index in [4.69, 9.17) is 0 Å². The molecule has 2 aromatic rings. The van der Waals surface area contributed by atoms with Crippen LogP contribution in [0.1, 0.15) is 12.0 Å². The second kappa shape index (κ2) is 7.53. The first kappa shape index (κ1) is 20.3. The minimum absolute atomic E-state index is 0.0281. The molecule has 1 fully saturated rings. The van der Waals surface area contributed by atoms with E-state index in [1.807, 2.05) is 0 Å². The van der Waals surface area contributed by atoms with Gasteiger partial charge in [-0.15, -0.1) is 0 Å². The molecule has 1 aliphatic rings. The van der Waals surface area contributed by atoms with Gasteiger partial charge in [-0.2, -0.15) is 13.2 Å². The fourth-order valence-electron chi connectivity index (χ4n) is 2.90. The molecule has 152 valence electrons. The van der Waals surface area contributed by atoms with Crippen LogP contribution < -0.4 is 15.5 Å². The number of hydrogen-bond acceptors (Lipinski definition) is 3. The van der Waals surface area contributed by atoms with Gasteiger partial charge in [-0.1, -0.05) is 42.5 Å². The van der Waals surface area contributed by atoms with E-state index < -0.39 is 41.2 Å². The summed E-state index contributed by atoms with van der Waals surface area (Å²) in [7, 11) is 0. The predicted octanol–water partition coefficient (Wildman–Crippen LogP) is 2.89. The van der Waals surface area contributed by atoms with Crippen LogP contribution >= 0.6 is 0 Å². The van der Waals surface area contributed by atoms with Crippen LogP contribution in [0.5, 0.6) is 0 Å². The highest BCUT2D eigenvalue weighted by Gasteiger charge is 2.69. The molecule has 1 saturated heterocycles. The first-order valence-corrected chi connectivity index (χ1v) is 8.48. The fourth-order valence-corrected chi connectivity index (χ4v) is 2.90. The number of nitrogens with zero attached hydrogens (tertiary/aromatic N) is 1. The first-order chi connectivity index (χ1) is 13.7. The monoisotopic (exact) mass is 409 g/mol. The highest BCUT2D eigenvalue weighted by Crippen LogP contribution is 2.36. The molecule has 10 heteroatoms. The minimum Gasteiger partial charge on any atom is -0.318 e. The van der Waals surface area contributed by atoms with Crippen LogP contribution in [0.4, 0.5) is 28.0 Å². The van der Waals surface area contributed by atoms with Crippen LogP contribution in [0.25, 0.3) is 0 Å². The molecule has 0 unspecified atom stereocenters. The number of amides is 4. The van der Waals surface area contributed by atoms with E-state index in [-0.39, 0.29) is 17.7 Å². The number of carbonyl (C=O) groups is 3. The van der Waals surface area contributed by atoms with E-state index in [1.165, 1.54) is 17.4 Å². The topological polar surface area (TPSA) is 78.5 Å². The van der Waals surface area contributed by atoms with Crippen LogP contribution in [-0.2, 0) is 16.0 Å². The Balaban J connectivity index is 1.86. The second-order valence-corrected chi connectivity index (χ2v) is 6.30. The van der Waals surface area contributed by atoms with Crippen molar-refractivity contribution in [2.24, 2.45) is 0 Å². The Hall–Kier alpha value is -3.43. The number of aryl methyl sites for hydroxylation is 1. The third-order valence-electron chi connectivity index (χ3n) is 4.35. The Kier molecular flexibility index (Phi) is 5.27. The Bertz CT molecular complexity index is 949. The zero-order valence-electron chi connectivity index (χ0n) is 14.8. The van der Waals surface area contributed by atoms with Crippen LogP contribution in [-0.4, -0.2) is 29.7 Å². The summed E-state index contributed by atoms with van der Waals surface area (Å²) in [5.74, 6) is -4.01. The summed E-state index contributed by atoms with van der Waals surface area (Å²) < 4.78 is 55.3. The van der Waals surface area contributed by atoms with Crippen LogP contribution in [0, 0.1) is 5.82 Å². The normalized spacial score (nSPS) is 19.2. The molecule has 0 saturated carbocycles. The van der Waals surface area contributed by atoms with Crippen molar-refractivity contribution in [2.45, 2.75) is 24.7 Å². The maximum Gasteiger partial charge on any atom is 0.440 e. The zero-order valence-corrected chi connectivity index (χ0v) is 14.8. The van der Waals surface area contributed by atoms with Gasteiger partial charge in [0.2, 0.25) is 5.91 Å². The molecule has 4 amide bonds. The Morgan fingerprint density at radius 1 is 1.03 bits per heavy atom. The molecule has 3 rings (SSSR count). The van der Waals surface area contributed by atoms with Gasteiger partial charge in [0.05, 0.1) is 5.69 Å². The quantitative estimate of drug-likeness (QED) is 0.589. The van der Waals surface area contributed by atoms with Crippen molar-refractivity contribution >= 4 is 23.5 Å². The molecule has 0 bridgehead atoms. The van der Waals surface area contributed by atoms with Crippen molar-refractivity contribution in [1.29, 1.82) is 0 Å². The van der Waals surface area contributed by atoms with Gasteiger partial charge in [0, 0.05) is 6.42 Å². The van der Waals surface area contributed by atoms with E-state index in [2.05, 4.69) is 0 Å². The average Bonchev–Trinajstić information content (AvgIpc) is 2.92. The number of benzene rings is 2.